The molecule has 0 saturated heterocycles. The van der Waals surface area contributed by atoms with Gasteiger partial charge < -0.3 is 0 Å². The molecule has 0 bridgehead atoms. The van der Waals surface area contributed by atoms with Crippen LogP contribution in [0.4, 0.5) is 0 Å². The van der Waals surface area contributed by atoms with E-state index in [0.717, 1.165) is 0 Å². The van der Waals surface area contributed by atoms with E-state index in [0.29, 0.717) is 0 Å². The summed E-state index contributed by atoms with van der Waals surface area (Å²) in [7, 11) is -4.15. The van der Waals surface area contributed by atoms with Crippen LogP contribution in [0.1, 0.15) is 6.92 Å². The molecule has 0 saturated carbocycles. The fourth-order valence-electron chi connectivity index (χ4n) is 0.219. The van der Waals surface area contributed by atoms with Gasteiger partial charge in [0.25, 0.3) is 0 Å². The van der Waals surface area contributed by atoms with Crippen molar-refractivity contribution in [2.24, 2.45) is 0 Å². The van der Waals surface area contributed by atoms with Crippen molar-refractivity contribution in [1.82, 2.24) is 0 Å². The van der Waals surface area contributed by atoms with Crippen LogP contribution in [0.2, 0.25) is 0 Å². The number of nitrogens with zero attached hydrogens (tertiary/aromatic N) is 2. The lowest BCUT2D eigenvalue weighted by Crippen LogP contribution is -2.07. The Morgan fingerprint density at radius 3 is 2.30 bits per heavy atom. The smallest absolute Gasteiger partial charge is 0.282 e. The van der Waals surface area contributed by atoms with Crippen LogP contribution >= 0.6 is 0 Å². The number of rotatable bonds is 2. The Balaban J connectivity index is 4.24. The second-order valence-electron chi connectivity index (χ2n) is 1.34. The molecule has 1 unspecified atom stereocenters. The highest BCUT2D eigenvalue weighted by atomic mass is 32.2. The van der Waals surface area contributed by atoms with Crippen LogP contribution < -0.4 is 0 Å². The van der Waals surface area contributed by atoms with Crippen LogP contribution in [0.3, 0.4) is 0 Å². The van der Waals surface area contributed by atoms with Gasteiger partial charge in [0, 0.05) is 6.92 Å². The Labute approximate surface area is 59.1 Å². The van der Waals surface area contributed by atoms with E-state index in [4.69, 9.17) is 13.1 Å². The minimum absolute atomic E-state index is 1.11. The molecule has 0 aliphatic heterocycles. The molecule has 5 nitrogen and oxygen atoms in total. The van der Waals surface area contributed by atoms with Crippen molar-refractivity contribution in [3.8, 4) is 0 Å². The molecule has 0 spiro atoms. The zero-order chi connectivity index (χ0) is 8.20. The van der Waals surface area contributed by atoms with Crippen LogP contribution in [0.15, 0.2) is 0 Å². The zero-order valence-electron chi connectivity index (χ0n) is 5.10. The standard InChI is InChI=1S/C4H4N2O3S/c1-4(5-2)9-10(7,8)6-3/h4H,1H3. The maximum absolute atomic E-state index is 10.2. The predicted molar refractivity (Wildman–Crippen MR) is 32.7 cm³/mol. The van der Waals surface area contributed by atoms with E-state index in [1.165, 1.54) is 6.92 Å². The SMILES string of the molecule is [C-]#[N+]C(C)OS(=O)(=O)[N+]#[C-]. The first-order valence-electron chi connectivity index (χ1n) is 2.20. The second kappa shape index (κ2) is 3.16. The van der Waals surface area contributed by atoms with E-state index in [9.17, 15) is 8.42 Å². The minimum Gasteiger partial charge on any atom is -0.282 e. The average Bonchev–Trinajstić information content (AvgIpc) is 1.87. The van der Waals surface area contributed by atoms with Crippen LogP contribution in [0.25, 0.3) is 9.10 Å². The molecule has 0 radical (unpaired) electrons. The van der Waals surface area contributed by atoms with E-state index in [2.05, 4.69) is 13.3 Å². The van der Waals surface area contributed by atoms with E-state index in [-0.39, 0.29) is 0 Å². The summed E-state index contributed by atoms with van der Waals surface area (Å²) < 4.78 is 26.7. The lowest BCUT2D eigenvalue weighted by atomic mass is 10.7. The summed E-state index contributed by atoms with van der Waals surface area (Å²) in [5.41, 5.74) is 0. The third kappa shape index (κ3) is 3.02. The number of hydrogen-bond acceptors (Lipinski definition) is 3. The van der Waals surface area contributed by atoms with Gasteiger partial charge in [-0.2, -0.15) is 4.25 Å². The summed E-state index contributed by atoms with van der Waals surface area (Å²) in [6, 6.07) is 0. The monoisotopic (exact) mass is 160 g/mol. The van der Waals surface area contributed by atoms with Gasteiger partial charge in [0.1, 0.15) is 0 Å². The lowest BCUT2D eigenvalue weighted by molar-refractivity contribution is 0.277. The molecular formula is C4H4N2O3S. The van der Waals surface area contributed by atoms with Crippen LogP contribution in [-0.2, 0) is 14.5 Å². The van der Waals surface area contributed by atoms with Gasteiger partial charge in [-0.25, -0.2) is 13.1 Å². The first kappa shape index (κ1) is 8.89. The molecule has 10 heavy (non-hydrogen) atoms. The molecule has 0 rings (SSSR count). The van der Waals surface area contributed by atoms with Gasteiger partial charge >= 0.3 is 16.5 Å². The van der Waals surface area contributed by atoms with E-state index in [1.807, 2.05) is 0 Å². The van der Waals surface area contributed by atoms with E-state index in [1.54, 1.807) is 0 Å². The van der Waals surface area contributed by atoms with Gasteiger partial charge in [-0.15, -0.1) is 12.6 Å². The Morgan fingerprint density at radius 1 is 1.50 bits per heavy atom. The maximum atomic E-state index is 10.2. The molecule has 0 heterocycles. The molecule has 6 heteroatoms. The van der Waals surface area contributed by atoms with E-state index < -0.39 is 16.5 Å². The van der Waals surface area contributed by atoms with Crippen molar-refractivity contribution in [2.45, 2.75) is 13.2 Å². The van der Waals surface area contributed by atoms with Crippen molar-refractivity contribution < 1.29 is 12.6 Å². The lowest BCUT2D eigenvalue weighted by Gasteiger charge is -1.89. The van der Waals surface area contributed by atoms with Gasteiger partial charge in [-0.1, -0.05) is 0 Å². The summed E-state index contributed by atoms with van der Waals surface area (Å²) in [6.45, 7) is 13.6. The highest BCUT2D eigenvalue weighted by Gasteiger charge is 2.22. The topological polar surface area (TPSA) is 52.1 Å². The second-order valence-corrected chi connectivity index (χ2v) is 2.57. The van der Waals surface area contributed by atoms with E-state index >= 15 is 0 Å². The molecular weight excluding hydrogens is 156 g/mol. The van der Waals surface area contributed by atoms with Crippen LogP contribution in [0.5, 0.6) is 0 Å². The first-order chi connectivity index (χ1) is 4.52. The summed E-state index contributed by atoms with van der Waals surface area (Å²) in [5, 5.41) is 0. The van der Waals surface area contributed by atoms with Crippen LogP contribution in [-0.4, -0.2) is 14.6 Å². The number of hydrogen-bond donors (Lipinski definition) is 0. The minimum atomic E-state index is -4.15. The van der Waals surface area contributed by atoms with Crippen molar-refractivity contribution in [3.05, 3.63) is 22.2 Å². The van der Waals surface area contributed by atoms with Crippen molar-refractivity contribution in [2.75, 3.05) is 0 Å². The zero-order valence-corrected chi connectivity index (χ0v) is 5.92. The third-order valence-corrected chi connectivity index (χ3v) is 1.30. The highest BCUT2D eigenvalue weighted by molar-refractivity contribution is 7.88. The summed E-state index contributed by atoms with van der Waals surface area (Å²) >= 11 is 0. The normalized spacial score (nSPS) is 13.1. The fraction of sp³-hybridized carbons (Fsp3) is 0.500. The molecule has 0 fully saturated rings. The van der Waals surface area contributed by atoms with Crippen molar-refractivity contribution >= 4 is 10.3 Å². The molecule has 0 N–H and O–H groups in total. The van der Waals surface area contributed by atoms with Gasteiger partial charge in [0.05, 0.1) is 0 Å². The Bertz CT molecular complexity index is 281. The average molecular weight is 160 g/mol. The quantitative estimate of drug-likeness (QED) is 0.550. The highest BCUT2D eigenvalue weighted by Crippen LogP contribution is 2.00. The fourth-order valence-corrected chi connectivity index (χ4v) is 0.657. The van der Waals surface area contributed by atoms with Gasteiger partial charge in [0.2, 0.25) is 0 Å². The van der Waals surface area contributed by atoms with Crippen molar-refractivity contribution in [3.63, 3.8) is 0 Å². The predicted octanol–water partition coefficient (Wildman–Crippen LogP) is 0.432. The molecule has 0 amide bonds. The van der Waals surface area contributed by atoms with Gasteiger partial charge in [-0.05, 0) is 0 Å². The summed E-state index contributed by atoms with van der Waals surface area (Å²) in [5.74, 6) is 0. The molecule has 0 aromatic carbocycles. The van der Waals surface area contributed by atoms with Crippen molar-refractivity contribution in [1.29, 1.82) is 0 Å². The summed E-state index contributed by atoms with van der Waals surface area (Å²) in [4.78, 5) is 2.73. The van der Waals surface area contributed by atoms with Crippen LogP contribution in [0, 0.1) is 13.1 Å². The third-order valence-electron chi connectivity index (χ3n) is 0.554. The molecule has 0 aliphatic carbocycles. The molecule has 1 atom stereocenters. The summed E-state index contributed by atoms with van der Waals surface area (Å²) in [6.07, 6.45) is -1.11. The Kier molecular flexibility index (Phi) is 2.81. The van der Waals surface area contributed by atoms with Gasteiger partial charge in [0.15, 0.2) is 0 Å². The molecule has 54 valence electrons. The Morgan fingerprint density at radius 2 is 2.00 bits per heavy atom. The first-order valence-corrected chi connectivity index (χ1v) is 3.57. The molecule has 0 aromatic heterocycles. The maximum Gasteiger partial charge on any atom is 0.596 e. The molecule has 0 aromatic rings. The Hall–Kier alpha value is -1.11. The largest absolute Gasteiger partial charge is 0.596 e. The molecule has 0 aliphatic rings. The van der Waals surface area contributed by atoms with Gasteiger partial charge in [-0.3, -0.25) is 4.85 Å².